The molecule has 0 aromatic carbocycles. The summed E-state index contributed by atoms with van der Waals surface area (Å²) in [5, 5.41) is 5.40. The summed E-state index contributed by atoms with van der Waals surface area (Å²) in [6.07, 6.45) is 3.09. The summed E-state index contributed by atoms with van der Waals surface area (Å²) in [6, 6.07) is 0. The van der Waals surface area contributed by atoms with Gasteiger partial charge in [0.25, 0.3) is 0 Å². The zero-order chi connectivity index (χ0) is 8.24. The molecule has 7 heteroatoms. The van der Waals surface area contributed by atoms with Crippen LogP contribution in [0.1, 0.15) is 0 Å². The van der Waals surface area contributed by atoms with Crippen LogP contribution in [0.4, 0.5) is 0 Å². The molecule has 0 aliphatic heterocycles. The van der Waals surface area contributed by atoms with E-state index in [0.717, 1.165) is 6.08 Å². The minimum atomic E-state index is 0.456. The molecule has 0 aromatic rings. The third-order valence-electron chi connectivity index (χ3n) is 0.156. The Balaban J connectivity index is 0. The second-order valence-corrected chi connectivity index (χ2v) is 1.08. The maximum atomic E-state index is 9.18. The van der Waals surface area contributed by atoms with E-state index < -0.39 is 0 Å². The topological polar surface area (TPSA) is 99.8 Å². The summed E-state index contributed by atoms with van der Waals surface area (Å²) in [7, 11) is 0. The van der Waals surface area contributed by atoms with Crippen LogP contribution in [0.15, 0.2) is 8.80 Å². The fourth-order valence-electron chi connectivity index (χ4n) is 0.0537. The molecular weight excluding hydrogens is 158 g/mol. The molecule has 0 saturated carbocycles. The van der Waals surface area contributed by atoms with E-state index in [0.29, 0.717) is 12.1 Å². The van der Waals surface area contributed by atoms with Gasteiger partial charge in [-0.1, -0.05) is 0 Å². The minimum Gasteiger partial charge on any atom is -0.222 e. The molecule has 0 rings (SSSR count). The summed E-state index contributed by atoms with van der Waals surface area (Å²) >= 11 is 0.456. The first kappa shape index (κ1) is 11.3. The number of nitrogens with zero attached hydrogens (tertiary/aromatic N) is 2. The van der Waals surface area contributed by atoms with Crippen LogP contribution in [0.3, 0.4) is 0 Å². The molecule has 0 fully saturated rings. The highest BCUT2D eigenvalue weighted by molar-refractivity contribution is 7.96. The number of rotatable bonds is 2. The fraction of sp³-hybridized carbons (Fsp3) is 0. The van der Waals surface area contributed by atoms with Crippen molar-refractivity contribution in [1.82, 2.24) is 0 Å². The number of hydrogen-bond acceptors (Lipinski definition) is 7. The van der Waals surface area contributed by atoms with Crippen LogP contribution in [-0.4, -0.2) is 18.2 Å². The lowest BCUT2D eigenvalue weighted by Crippen LogP contribution is -1.43. The Bertz CT molecular complexity index is 181. The van der Waals surface area contributed by atoms with Crippen molar-refractivity contribution in [3.05, 3.63) is 0 Å². The molecule has 0 aliphatic rings. The van der Waals surface area contributed by atoms with E-state index in [-0.39, 0.29) is 0 Å². The van der Waals surface area contributed by atoms with Crippen LogP contribution < -0.4 is 0 Å². The third kappa shape index (κ3) is 31.5. The Morgan fingerprint density at radius 3 is 1.60 bits per heavy atom. The molecule has 0 aliphatic carbocycles. The summed E-state index contributed by atoms with van der Waals surface area (Å²) in [5.41, 5.74) is 0. The van der Waals surface area contributed by atoms with Gasteiger partial charge in [0, 0.05) is 0 Å². The van der Waals surface area contributed by atoms with Crippen LogP contribution in [0, 0.1) is 5.41 Å². The fourth-order valence-corrected chi connectivity index (χ4v) is 0.161. The van der Waals surface area contributed by atoms with Crippen molar-refractivity contribution in [2.75, 3.05) is 0 Å². The van der Waals surface area contributed by atoms with E-state index in [1.807, 2.05) is 0 Å². The maximum absolute atomic E-state index is 9.18. The van der Waals surface area contributed by atoms with Crippen LogP contribution in [-0.2, 0) is 14.4 Å². The average Bonchev–Trinajstić information content (AvgIpc) is 1.91. The molecule has 1 N–H and O–H groups in total. The smallest absolute Gasteiger partial charge is 0.222 e. The Morgan fingerprint density at radius 1 is 1.10 bits per heavy atom. The quantitative estimate of drug-likeness (QED) is 0.351. The molecule has 52 valence electrons. The number of hydrogen-bond donors (Lipinski definition) is 1. The molecule has 0 aromatic heterocycles. The van der Waals surface area contributed by atoms with E-state index in [1.165, 1.54) is 12.2 Å². The number of carbonyl (C=O) groups excluding carboxylic acids is 3. The van der Waals surface area contributed by atoms with Crippen molar-refractivity contribution in [3.8, 4) is 0 Å². The van der Waals surface area contributed by atoms with E-state index in [4.69, 9.17) is 10.2 Å². The van der Waals surface area contributed by atoms with Crippen molar-refractivity contribution >= 4 is 30.4 Å². The molecule has 10 heavy (non-hydrogen) atoms. The molecule has 0 radical (unpaired) electrons. The molecule has 0 unspecified atom stereocenters. The highest BCUT2D eigenvalue weighted by Crippen LogP contribution is 1.96. The van der Waals surface area contributed by atoms with Gasteiger partial charge in [0.1, 0.15) is 12.1 Å². The maximum Gasteiger partial charge on any atom is 0.249 e. The predicted octanol–water partition coefficient (Wildman–Crippen LogP) is 0.122. The lowest BCUT2D eigenvalue weighted by Gasteiger charge is -1.60. The van der Waals surface area contributed by atoms with Crippen molar-refractivity contribution in [3.63, 3.8) is 0 Å². The van der Waals surface area contributed by atoms with Crippen molar-refractivity contribution < 1.29 is 14.4 Å². The summed E-state index contributed by atoms with van der Waals surface area (Å²) in [5.74, 6) is 0. The van der Waals surface area contributed by atoms with Gasteiger partial charge in [-0.2, -0.15) is 0 Å². The largest absolute Gasteiger partial charge is 0.249 e. The first-order chi connectivity index (χ1) is 4.83. The van der Waals surface area contributed by atoms with Crippen molar-refractivity contribution in [1.29, 1.82) is 5.41 Å². The summed E-state index contributed by atoms with van der Waals surface area (Å²) in [6.45, 7) is 0. The van der Waals surface area contributed by atoms with Gasteiger partial charge in [0.2, 0.25) is 18.2 Å². The Kier molecular flexibility index (Phi) is 17.7. The van der Waals surface area contributed by atoms with E-state index >= 15 is 0 Å². The van der Waals surface area contributed by atoms with Gasteiger partial charge in [-0.25, -0.2) is 19.8 Å². The van der Waals surface area contributed by atoms with Crippen LogP contribution in [0.25, 0.3) is 0 Å². The van der Waals surface area contributed by atoms with E-state index in [9.17, 15) is 9.59 Å². The first-order valence-corrected chi connectivity index (χ1v) is 2.41. The Morgan fingerprint density at radius 2 is 1.40 bits per heavy atom. The molecule has 0 amide bonds. The van der Waals surface area contributed by atoms with Gasteiger partial charge in [-0.15, -0.1) is 8.80 Å². The van der Waals surface area contributed by atoms with E-state index in [2.05, 4.69) is 8.80 Å². The second kappa shape index (κ2) is 15.6. The second-order valence-electron chi connectivity index (χ2n) is 0.549. The summed E-state index contributed by atoms with van der Waals surface area (Å²) < 4.78 is 5.69. The molecule has 0 bridgehead atoms. The SMILES string of the molecule is N=C=O.O=C=NSN=C=O. The standard InChI is InChI=1S/C2N2O2S.CHNO/c5-1-3-7-4-2-6;2-1-3/h;2H. The number of nitrogens with one attached hydrogen (secondary N) is 1. The van der Waals surface area contributed by atoms with Gasteiger partial charge < -0.3 is 0 Å². The average molecular weight is 159 g/mol. The third-order valence-corrected chi connectivity index (χ3v) is 0.469. The zero-order valence-electron chi connectivity index (χ0n) is 4.53. The normalized spacial score (nSPS) is 4.80. The molecule has 0 spiro atoms. The van der Waals surface area contributed by atoms with Crippen molar-refractivity contribution in [2.45, 2.75) is 0 Å². The van der Waals surface area contributed by atoms with Crippen molar-refractivity contribution in [2.24, 2.45) is 8.80 Å². The highest BCUT2D eigenvalue weighted by atomic mass is 32.2. The van der Waals surface area contributed by atoms with E-state index in [1.54, 1.807) is 0 Å². The lowest BCUT2D eigenvalue weighted by atomic mass is 11.7. The highest BCUT2D eigenvalue weighted by Gasteiger charge is 1.66. The van der Waals surface area contributed by atoms with Gasteiger partial charge in [-0.3, -0.25) is 0 Å². The molecular formula is C3HN3O3S. The Hall–Kier alpha value is -1.51. The minimum absolute atomic E-state index is 0.456. The van der Waals surface area contributed by atoms with Gasteiger partial charge >= 0.3 is 0 Å². The van der Waals surface area contributed by atoms with Crippen LogP contribution in [0.5, 0.6) is 0 Å². The molecule has 0 heterocycles. The molecule has 6 nitrogen and oxygen atoms in total. The Labute approximate surface area is 59.8 Å². The zero-order valence-corrected chi connectivity index (χ0v) is 5.34. The van der Waals surface area contributed by atoms with Crippen LogP contribution in [0.2, 0.25) is 0 Å². The van der Waals surface area contributed by atoms with Gasteiger partial charge in [-0.05, 0) is 0 Å². The predicted molar refractivity (Wildman–Crippen MR) is 32.2 cm³/mol. The lowest BCUT2D eigenvalue weighted by molar-refractivity contribution is 0.562. The van der Waals surface area contributed by atoms with Gasteiger partial charge in [0.05, 0.1) is 0 Å². The number of isocyanates is 3. The monoisotopic (exact) mass is 159 g/mol. The summed E-state index contributed by atoms with van der Waals surface area (Å²) in [4.78, 5) is 26.7. The molecule has 0 saturated heterocycles. The first-order valence-electron chi connectivity index (χ1n) is 1.67. The van der Waals surface area contributed by atoms with Gasteiger partial charge in [0.15, 0.2) is 0 Å². The van der Waals surface area contributed by atoms with Crippen LogP contribution >= 0.6 is 12.1 Å². The molecule has 0 atom stereocenters.